The first-order chi connectivity index (χ1) is 9.48. The van der Waals surface area contributed by atoms with Crippen LogP contribution in [0.3, 0.4) is 0 Å². The number of halogens is 1. The van der Waals surface area contributed by atoms with Gasteiger partial charge >= 0.3 is 5.97 Å². The zero-order valence-electron chi connectivity index (χ0n) is 10.8. The maximum Gasteiger partial charge on any atom is 0.331 e. The topological polar surface area (TPSA) is 84.9 Å². The normalized spacial score (nSPS) is 21.5. The van der Waals surface area contributed by atoms with E-state index in [4.69, 9.17) is 9.47 Å². The maximum absolute atomic E-state index is 13.3. The number of carbonyl (C=O) groups excluding carboxylic acids is 1. The van der Waals surface area contributed by atoms with Crippen molar-refractivity contribution in [2.45, 2.75) is 12.0 Å². The predicted molar refractivity (Wildman–Crippen MR) is 66.2 cm³/mol. The van der Waals surface area contributed by atoms with Crippen molar-refractivity contribution in [3.8, 4) is 5.75 Å². The summed E-state index contributed by atoms with van der Waals surface area (Å²) in [6, 6.07) is 3.57. The van der Waals surface area contributed by atoms with Crippen molar-refractivity contribution in [1.29, 1.82) is 0 Å². The largest absolute Gasteiger partial charge is 0.494 e. The summed E-state index contributed by atoms with van der Waals surface area (Å²) >= 11 is 0. The van der Waals surface area contributed by atoms with Crippen molar-refractivity contribution < 1.29 is 28.6 Å². The van der Waals surface area contributed by atoms with E-state index in [1.807, 2.05) is 0 Å². The molecule has 1 aromatic carbocycles. The minimum absolute atomic E-state index is 0.0790. The van der Waals surface area contributed by atoms with Gasteiger partial charge in [0.05, 0.1) is 13.7 Å². The number of benzene rings is 1. The first-order valence-corrected chi connectivity index (χ1v) is 5.96. The Bertz CT molecular complexity index is 540. The molecule has 1 aliphatic rings. The third kappa shape index (κ3) is 2.57. The Labute approximate surface area is 114 Å². The van der Waals surface area contributed by atoms with Crippen LogP contribution in [-0.2, 0) is 9.53 Å². The van der Waals surface area contributed by atoms with E-state index in [1.165, 1.54) is 19.2 Å². The van der Waals surface area contributed by atoms with E-state index < -0.39 is 23.2 Å². The van der Waals surface area contributed by atoms with Crippen LogP contribution in [0.1, 0.15) is 16.8 Å². The average Bonchev–Trinajstić information content (AvgIpc) is 2.89. The fraction of sp³-hybridized carbons (Fsp3) is 0.385. The van der Waals surface area contributed by atoms with E-state index in [0.717, 1.165) is 6.07 Å². The Hall–Kier alpha value is -2.15. The summed E-state index contributed by atoms with van der Waals surface area (Å²) in [7, 11) is 1.28. The Morgan fingerprint density at radius 1 is 1.50 bits per heavy atom. The summed E-state index contributed by atoms with van der Waals surface area (Å²) in [6.07, 6.45) is 0.187. The Kier molecular flexibility index (Phi) is 3.89. The molecule has 20 heavy (non-hydrogen) atoms. The summed E-state index contributed by atoms with van der Waals surface area (Å²) in [4.78, 5) is 23.4. The van der Waals surface area contributed by atoms with Gasteiger partial charge in [-0.05, 0) is 18.2 Å². The van der Waals surface area contributed by atoms with Crippen LogP contribution < -0.4 is 10.1 Å². The summed E-state index contributed by atoms with van der Waals surface area (Å²) in [5.74, 6) is -2.44. The number of carboxylic acid groups (broad SMARTS) is 1. The highest BCUT2D eigenvalue weighted by Gasteiger charge is 2.44. The minimum atomic E-state index is -1.43. The standard InChI is InChI=1S/C13H14FNO5/c1-19-10-6-8(2-3-9(10)14)11(16)15-13(12(17)18)4-5-20-7-13/h2-3,6H,4-5,7H2,1H3,(H,15,16)(H,17,18). The molecule has 0 saturated carbocycles. The minimum Gasteiger partial charge on any atom is -0.494 e. The lowest BCUT2D eigenvalue weighted by Gasteiger charge is -2.23. The first-order valence-electron chi connectivity index (χ1n) is 5.96. The molecule has 6 nitrogen and oxygen atoms in total. The average molecular weight is 283 g/mol. The molecule has 1 aromatic rings. The molecule has 1 heterocycles. The molecule has 7 heteroatoms. The fourth-order valence-corrected chi connectivity index (χ4v) is 1.98. The number of ether oxygens (including phenoxy) is 2. The zero-order chi connectivity index (χ0) is 14.8. The molecule has 1 saturated heterocycles. The highest BCUT2D eigenvalue weighted by Crippen LogP contribution is 2.22. The van der Waals surface area contributed by atoms with E-state index in [9.17, 15) is 19.1 Å². The van der Waals surface area contributed by atoms with E-state index >= 15 is 0 Å². The second-order valence-electron chi connectivity index (χ2n) is 4.49. The molecule has 108 valence electrons. The van der Waals surface area contributed by atoms with Gasteiger partial charge in [0.25, 0.3) is 5.91 Å². The van der Waals surface area contributed by atoms with Crippen LogP contribution in [0.25, 0.3) is 0 Å². The number of aliphatic carboxylic acids is 1. The Morgan fingerprint density at radius 2 is 2.25 bits per heavy atom. The van der Waals surface area contributed by atoms with Crippen molar-refractivity contribution in [3.05, 3.63) is 29.6 Å². The number of rotatable bonds is 4. The van der Waals surface area contributed by atoms with Crippen LogP contribution in [0.15, 0.2) is 18.2 Å². The van der Waals surface area contributed by atoms with Gasteiger partial charge in [-0.25, -0.2) is 9.18 Å². The lowest BCUT2D eigenvalue weighted by Crippen LogP contribution is -2.55. The van der Waals surface area contributed by atoms with E-state index in [-0.39, 0.29) is 30.9 Å². The number of methoxy groups -OCH3 is 1. The molecule has 0 radical (unpaired) electrons. The van der Waals surface area contributed by atoms with Crippen LogP contribution in [-0.4, -0.2) is 42.8 Å². The molecule has 1 fully saturated rings. The van der Waals surface area contributed by atoms with Gasteiger partial charge in [0, 0.05) is 18.6 Å². The summed E-state index contributed by atoms with van der Waals surface area (Å²) in [6.45, 7) is 0.172. The van der Waals surface area contributed by atoms with Crippen molar-refractivity contribution >= 4 is 11.9 Å². The van der Waals surface area contributed by atoms with Crippen LogP contribution in [0.5, 0.6) is 5.75 Å². The van der Waals surface area contributed by atoms with Gasteiger partial charge < -0.3 is 19.9 Å². The molecule has 1 unspecified atom stereocenters. The number of carboxylic acids is 1. The van der Waals surface area contributed by atoms with Crippen LogP contribution in [0, 0.1) is 5.82 Å². The predicted octanol–water partition coefficient (Wildman–Crippen LogP) is 0.808. The fourth-order valence-electron chi connectivity index (χ4n) is 1.98. The number of hydrogen-bond donors (Lipinski definition) is 2. The molecular weight excluding hydrogens is 269 g/mol. The van der Waals surface area contributed by atoms with Gasteiger partial charge in [0.15, 0.2) is 17.1 Å². The molecule has 2 N–H and O–H groups in total. The van der Waals surface area contributed by atoms with Gasteiger partial charge in [-0.15, -0.1) is 0 Å². The van der Waals surface area contributed by atoms with Gasteiger partial charge in [-0.2, -0.15) is 0 Å². The lowest BCUT2D eigenvalue weighted by atomic mass is 9.98. The molecule has 1 atom stereocenters. The maximum atomic E-state index is 13.3. The number of hydrogen-bond acceptors (Lipinski definition) is 4. The SMILES string of the molecule is COc1cc(C(=O)NC2(C(=O)O)CCOC2)ccc1F. The molecular formula is C13H14FNO5. The van der Waals surface area contributed by atoms with Crippen LogP contribution >= 0.6 is 0 Å². The Balaban J connectivity index is 2.21. The van der Waals surface area contributed by atoms with Crippen molar-refractivity contribution in [2.24, 2.45) is 0 Å². The van der Waals surface area contributed by atoms with Crippen LogP contribution in [0.2, 0.25) is 0 Å². The van der Waals surface area contributed by atoms with Crippen molar-refractivity contribution in [2.75, 3.05) is 20.3 Å². The van der Waals surface area contributed by atoms with E-state index in [1.54, 1.807) is 0 Å². The molecule has 1 aliphatic heterocycles. The quantitative estimate of drug-likeness (QED) is 0.854. The van der Waals surface area contributed by atoms with E-state index in [2.05, 4.69) is 5.32 Å². The molecule has 0 aromatic heterocycles. The van der Waals surface area contributed by atoms with Gasteiger partial charge in [-0.3, -0.25) is 4.79 Å². The van der Waals surface area contributed by atoms with Gasteiger partial charge in [0.2, 0.25) is 0 Å². The second kappa shape index (κ2) is 5.46. The van der Waals surface area contributed by atoms with Crippen LogP contribution in [0.4, 0.5) is 4.39 Å². The van der Waals surface area contributed by atoms with Gasteiger partial charge in [-0.1, -0.05) is 0 Å². The smallest absolute Gasteiger partial charge is 0.331 e. The third-order valence-corrected chi connectivity index (χ3v) is 3.20. The highest BCUT2D eigenvalue weighted by molar-refractivity contribution is 5.98. The summed E-state index contributed by atoms with van der Waals surface area (Å²) < 4.78 is 23.1. The van der Waals surface area contributed by atoms with Crippen molar-refractivity contribution in [3.63, 3.8) is 0 Å². The highest BCUT2D eigenvalue weighted by atomic mass is 19.1. The molecule has 1 amide bonds. The number of carbonyl (C=O) groups is 2. The third-order valence-electron chi connectivity index (χ3n) is 3.20. The monoisotopic (exact) mass is 283 g/mol. The molecule has 0 aliphatic carbocycles. The molecule has 0 spiro atoms. The molecule has 0 bridgehead atoms. The first kappa shape index (κ1) is 14.3. The lowest BCUT2D eigenvalue weighted by molar-refractivity contribution is -0.144. The summed E-state index contributed by atoms with van der Waals surface area (Å²) in [5, 5.41) is 11.7. The molecule has 2 rings (SSSR count). The van der Waals surface area contributed by atoms with Gasteiger partial charge in [0.1, 0.15) is 0 Å². The zero-order valence-corrected chi connectivity index (χ0v) is 10.8. The Morgan fingerprint density at radius 3 is 2.80 bits per heavy atom. The second-order valence-corrected chi connectivity index (χ2v) is 4.49. The van der Waals surface area contributed by atoms with E-state index in [0.29, 0.717) is 0 Å². The summed E-state index contributed by atoms with van der Waals surface area (Å²) in [5.41, 5.74) is -1.31. The number of nitrogens with one attached hydrogen (secondary N) is 1. The van der Waals surface area contributed by atoms with Crippen molar-refractivity contribution in [1.82, 2.24) is 5.32 Å². The number of amides is 1.